The van der Waals surface area contributed by atoms with Crippen LogP contribution in [0.15, 0.2) is 18.2 Å². The van der Waals surface area contributed by atoms with E-state index in [0.717, 1.165) is 38.0 Å². The molecule has 0 saturated heterocycles. The van der Waals surface area contributed by atoms with Crippen molar-refractivity contribution >= 4 is 17.3 Å². The highest BCUT2D eigenvalue weighted by molar-refractivity contribution is 5.69. The quantitative estimate of drug-likeness (QED) is 0.0619. The first kappa shape index (κ1) is 45.2. The van der Waals surface area contributed by atoms with Crippen LogP contribution in [0.25, 0.3) is 0 Å². The van der Waals surface area contributed by atoms with E-state index in [2.05, 4.69) is 27.7 Å². The molecule has 56 heavy (non-hydrogen) atoms. The fraction of sp³-hybridized carbons (Fsp3) is 0.857. The Morgan fingerprint density at radius 2 is 1.38 bits per heavy atom. The van der Waals surface area contributed by atoms with E-state index in [1.54, 1.807) is 0 Å². The average Bonchev–Trinajstić information content (AvgIpc) is 3.52. The van der Waals surface area contributed by atoms with Crippen LogP contribution in [0.5, 0.6) is 0 Å². The van der Waals surface area contributed by atoms with Gasteiger partial charge in [-0.25, -0.2) is 0 Å². The van der Waals surface area contributed by atoms with Crippen LogP contribution < -0.4 is 11.5 Å². The van der Waals surface area contributed by atoms with E-state index in [1.165, 1.54) is 140 Å². The zero-order valence-corrected chi connectivity index (χ0v) is 36.2. The molecule has 0 heterocycles. The monoisotopic (exact) mass is 785 g/mol. The first-order chi connectivity index (χ1) is 26.9. The van der Waals surface area contributed by atoms with Crippen LogP contribution in [-0.2, 0) is 20.4 Å². The summed E-state index contributed by atoms with van der Waals surface area (Å²) in [4.78, 5) is 12.8. The molecule has 0 radical (unpaired) electrons. The smallest absolute Gasteiger partial charge is 0.385 e. The average molecular weight is 785 g/mol. The van der Waals surface area contributed by atoms with E-state index in [-0.39, 0.29) is 22.6 Å². The van der Waals surface area contributed by atoms with Gasteiger partial charge in [0.2, 0.25) is 0 Å². The lowest BCUT2D eigenvalue weighted by atomic mass is 9.44. The van der Waals surface area contributed by atoms with Gasteiger partial charge >= 0.3 is 12.1 Å². The maximum absolute atomic E-state index is 15.3. The molecule has 0 spiro atoms. The van der Waals surface area contributed by atoms with Gasteiger partial charge in [-0.2, -0.15) is 8.78 Å². The first-order valence-electron chi connectivity index (χ1n) is 23.8. The van der Waals surface area contributed by atoms with Crippen LogP contribution >= 0.6 is 0 Å². The molecule has 1 aromatic carbocycles. The molecule has 4 N–H and O–H groups in total. The number of alkyl halides is 2. The molecule has 4 fully saturated rings. The van der Waals surface area contributed by atoms with Crippen LogP contribution in [0.2, 0.25) is 0 Å². The number of unbranched alkanes of at least 4 members (excludes halogenated alkanes) is 15. The maximum atomic E-state index is 15.3. The Kier molecular flexibility index (Phi) is 17.3. The molecule has 2 unspecified atom stereocenters. The van der Waals surface area contributed by atoms with Gasteiger partial charge in [0.1, 0.15) is 0 Å². The molecule has 4 aliphatic rings. The summed E-state index contributed by atoms with van der Waals surface area (Å²) in [6.45, 7) is 10.3. The summed E-state index contributed by atoms with van der Waals surface area (Å²) in [5.74, 6) is 3.65. The number of fused-ring (bicyclic) bond motifs is 5. The molecule has 0 bridgehead atoms. The van der Waals surface area contributed by atoms with Crippen molar-refractivity contribution in [1.82, 2.24) is 0 Å². The lowest BCUT2D eigenvalue weighted by molar-refractivity contribution is -0.285. The molecule has 5 rings (SSSR count). The molecular weight excluding hydrogens is 703 g/mol. The molecule has 7 heteroatoms. The maximum Gasteiger partial charge on any atom is 0.385 e. The lowest BCUT2D eigenvalue weighted by Crippen LogP contribution is -2.54. The predicted molar refractivity (Wildman–Crippen MR) is 228 cm³/mol. The Morgan fingerprint density at radius 1 is 0.786 bits per heavy atom. The Bertz CT molecular complexity index is 1340. The van der Waals surface area contributed by atoms with Crippen molar-refractivity contribution < 1.29 is 23.0 Å². The third-order valence-electron chi connectivity index (χ3n) is 16.1. The largest absolute Gasteiger partial charge is 0.466 e. The van der Waals surface area contributed by atoms with Crippen molar-refractivity contribution in [3.8, 4) is 0 Å². The van der Waals surface area contributed by atoms with E-state index >= 15 is 8.78 Å². The summed E-state index contributed by atoms with van der Waals surface area (Å²) in [5.41, 5.74) is 12.2. The van der Waals surface area contributed by atoms with Crippen LogP contribution in [-0.4, -0.2) is 18.7 Å². The summed E-state index contributed by atoms with van der Waals surface area (Å²) >= 11 is 0. The molecule has 0 aromatic heterocycles. The van der Waals surface area contributed by atoms with E-state index < -0.39 is 12.2 Å². The van der Waals surface area contributed by atoms with Crippen LogP contribution in [0.4, 0.5) is 20.2 Å². The van der Waals surface area contributed by atoms with Gasteiger partial charge in [0.05, 0.1) is 18.3 Å². The van der Waals surface area contributed by atoms with E-state index in [0.29, 0.717) is 66.6 Å². The number of carbonyl (C=O) groups excluding carboxylic acids is 1. The van der Waals surface area contributed by atoms with Crippen molar-refractivity contribution in [3.63, 3.8) is 0 Å². The predicted octanol–water partition coefficient (Wildman–Crippen LogP) is 14.2. The number of nitrogen functional groups attached to an aromatic ring is 2. The number of rotatable bonds is 24. The van der Waals surface area contributed by atoms with Gasteiger partial charge < -0.3 is 20.9 Å². The van der Waals surface area contributed by atoms with Crippen molar-refractivity contribution in [3.05, 3.63) is 23.8 Å². The number of hydrogen-bond acceptors (Lipinski definition) is 5. The highest BCUT2D eigenvalue weighted by atomic mass is 19.3. The topological polar surface area (TPSA) is 87.6 Å². The number of esters is 1. The summed E-state index contributed by atoms with van der Waals surface area (Å²) in [5, 5.41) is 0. The number of halogens is 2. The number of carbonyl (C=O) groups is 1. The van der Waals surface area contributed by atoms with Gasteiger partial charge in [0.25, 0.3) is 0 Å². The van der Waals surface area contributed by atoms with E-state index in [9.17, 15) is 4.79 Å². The Balaban J connectivity index is 0.951. The minimum Gasteiger partial charge on any atom is -0.466 e. The molecule has 0 amide bonds. The second-order valence-electron chi connectivity index (χ2n) is 19.8. The fourth-order valence-electron chi connectivity index (χ4n) is 12.9. The highest BCUT2D eigenvalue weighted by Crippen LogP contribution is 2.68. The molecule has 9 atom stereocenters. The molecule has 1 aromatic rings. The Hall–Kier alpha value is -1.89. The molecule has 0 aliphatic heterocycles. The van der Waals surface area contributed by atoms with Crippen molar-refractivity contribution in [2.24, 2.45) is 46.3 Å². The molecule has 4 aliphatic carbocycles. The molecule has 4 saturated carbocycles. The highest BCUT2D eigenvalue weighted by Gasteiger charge is 2.61. The minimum atomic E-state index is -3.43. The van der Waals surface area contributed by atoms with Crippen molar-refractivity contribution in [1.29, 1.82) is 0 Å². The standard InChI is InChI=1S/C49H82F2N2O3/c1-5-6-7-8-9-10-11-12-13-14-15-16-17-18-19-20-33-55-46(54)28-21-36(2)41-26-27-42-40-24-22-37-34-39(29-31-47(37,3)43(40)30-32-48(41,42)4)56-49(50,51)44-25-23-38(52)35-45(44)53/h23,25,35-37,39-43H,5-22,24,26-34,52-53H2,1-4H3/t36-,37?,39?,40+,41-,42+,43+,47+,48-/m1/s1. The van der Waals surface area contributed by atoms with Crippen molar-refractivity contribution in [2.75, 3.05) is 18.1 Å². The second-order valence-corrected chi connectivity index (χ2v) is 19.8. The normalized spacial score (nSPS) is 30.7. The van der Waals surface area contributed by atoms with Crippen LogP contribution in [0.3, 0.4) is 0 Å². The SMILES string of the molecule is CCCCCCCCCCCCCCCCCCOC(=O)CC[C@@H](C)[C@H]1CC[C@H]2[C@@H]3CCC4CC(OC(F)(F)c5ccc(N)cc5N)CC[C@]4(C)[C@H]3CC[C@]12C. The third kappa shape index (κ3) is 11.6. The van der Waals surface area contributed by atoms with Gasteiger partial charge in [-0.3, -0.25) is 4.79 Å². The number of nitrogens with two attached hydrogens (primary N) is 2. The second kappa shape index (κ2) is 21.4. The van der Waals surface area contributed by atoms with E-state index in [1.807, 2.05) is 0 Å². The van der Waals surface area contributed by atoms with Crippen LogP contribution in [0.1, 0.15) is 207 Å². The van der Waals surface area contributed by atoms with Crippen molar-refractivity contribution in [2.45, 2.75) is 213 Å². The molecule has 5 nitrogen and oxygen atoms in total. The number of ether oxygens (including phenoxy) is 2. The van der Waals surface area contributed by atoms with Gasteiger partial charge in [-0.05, 0) is 135 Å². The fourth-order valence-corrected chi connectivity index (χ4v) is 12.9. The summed E-state index contributed by atoms with van der Waals surface area (Å²) in [7, 11) is 0. The number of benzene rings is 1. The van der Waals surface area contributed by atoms with Gasteiger partial charge in [0, 0.05) is 17.8 Å². The Morgan fingerprint density at radius 3 is 2.00 bits per heavy atom. The Labute approximate surface area is 341 Å². The van der Waals surface area contributed by atoms with Gasteiger partial charge in [-0.1, -0.05) is 124 Å². The summed E-state index contributed by atoms with van der Waals surface area (Å²) in [6.07, 6.45) is 28.7. The zero-order valence-electron chi connectivity index (χ0n) is 36.2. The molecule has 320 valence electrons. The number of anilines is 2. The number of hydrogen-bond donors (Lipinski definition) is 2. The van der Waals surface area contributed by atoms with Gasteiger partial charge in [-0.15, -0.1) is 0 Å². The summed E-state index contributed by atoms with van der Waals surface area (Å²) < 4.78 is 41.9. The zero-order chi connectivity index (χ0) is 40.2. The minimum absolute atomic E-state index is 0.0123. The lowest BCUT2D eigenvalue weighted by Gasteiger charge is -2.61. The van der Waals surface area contributed by atoms with Gasteiger partial charge in [0.15, 0.2) is 0 Å². The first-order valence-corrected chi connectivity index (χ1v) is 23.8. The molecular formula is C49H82F2N2O3. The third-order valence-corrected chi connectivity index (χ3v) is 16.1. The van der Waals surface area contributed by atoms with E-state index in [4.69, 9.17) is 20.9 Å². The van der Waals surface area contributed by atoms with Crippen LogP contribution in [0, 0.1) is 46.3 Å². The summed E-state index contributed by atoms with van der Waals surface area (Å²) in [6, 6.07) is 4.14.